The molecule has 0 spiro atoms. The lowest BCUT2D eigenvalue weighted by Crippen LogP contribution is -2.15. The van der Waals surface area contributed by atoms with Gasteiger partial charge in [-0.3, -0.25) is 4.99 Å². The lowest BCUT2D eigenvalue weighted by Gasteiger charge is -2.20. The van der Waals surface area contributed by atoms with Crippen LogP contribution in [0.15, 0.2) is 87.6 Å². The van der Waals surface area contributed by atoms with Crippen molar-refractivity contribution in [2.75, 3.05) is 10.6 Å². The van der Waals surface area contributed by atoms with Crippen molar-refractivity contribution in [3.05, 3.63) is 83.3 Å². The Balaban J connectivity index is 1.35. The predicted octanol–water partition coefficient (Wildman–Crippen LogP) is 5.96. The van der Waals surface area contributed by atoms with Crippen LogP contribution in [0.1, 0.15) is 25.3 Å². The lowest BCUT2D eigenvalue weighted by atomic mass is 10.2. The Hall–Kier alpha value is -3.45. The maximum absolute atomic E-state index is 6.16. The highest BCUT2D eigenvalue weighted by Gasteiger charge is 2.16. The molecule has 1 aliphatic rings. The number of hydrogen-bond acceptors (Lipinski definition) is 7. The van der Waals surface area contributed by atoms with E-state index in [4.69, 9.17) is 10.5 Å². The van der Waals surface area contributed by atoms with E-state index in [-0.39, 0.29) is 0 Å². The molecular formula is C24H25N5OS. The maximum Gasteiger partial charge on any atom is 0.219 e. The molecule has 2 aromatic carbocycles. The second-order valence-corrected chi connectivity index (χ2v) is 8.06. The van der Waals surface area contributed by atoms with E-state index < -0.39 is 0 Å². The Morgan fingerprint density at radius 3 is 2.81 bits per heavy atom. The minimum atomic E-state index is 0.561. The van der Waals surface area contributed by atoms with Crippen molar-refractivity contribution in [3.63, 3.8) is 0 Å². The van der Waals surface area contributed by atoms with Gasteiger partial charge in [-0.15, -0.1) is 0 Å². The molecule has 158 valence electrons. The van der Waals surface area contributed by atoms with E-state index in [1.165, 1.54) is 0 Å². The fourth-order valence-corrected chi connectivity index (χ4v) is 3.82. The van der Waals surface area contributed by atoms with Crippen LogP contribution < -0.4 is 21.1 Å². The molecule has 0 saturated carbocycles. The van der Waals surface area contributed by atoms with Crippen LogP contribution in [0.5, 0.6) is 11.6 Å². The number of rotatable bonds is 8. The maximum atomic E-state index is 6.16. The van der Waals surface area contributed by atoms with Crippen molar-refractivity contribution < 1.29 is 4.74 Å². The number of nitrogens with one attached hydrogen (secondary N) is 2. The van der Waals surface area contributed by atoms with Gasteiger partial charge >= 0.3 is 0 Å². The Morgan fingerprint density at radius 1 is 1.16 bits per heavy atom. The zero-order valence-electron chi connectivity index (χ0n) is 17.3. The molecule has 0 saturated heterocycles. The number of thioether (sulfide) groups is 1. The number of benzene rings is 2. The van der Waals surface area contributed by atoms with Gasteiger partial charge in [0, 0.05) is 23.7 Å². The molecule has 31 heavy (non-hydrogen) atoms. The van der Waals surface area contributed by atoms with Crippen LogP contribution in [0.2, 0.25) is 0 Å². The molecule has 1 aromatic heterocycles. The van der Waals surface area contributed by atoms with Gasteiger partial charge in [-0.2, -0.15) is 0 Å². The summed E-state index contributed by atoms with van der Waals surface area (Å²) in [6.07, 6.45) is 5.71. The number of anilines is 2. The van der Waals surface area contributed by atoms with Gasteiger partial charge in [0.15, 0.2) is 0 Å². The zero-order valence-corrected chi connectivity index (χ0v) is 18.2. The Bertz CT molecular complexity index is 1080. The summed E-state index contributed by atoms with van der Waals surface area (Å²) in [6.45, 7) is 2.80. The van der Waals surface area contributed by atoms with Gasteiger partial charge in [-0.25, -0.2) is 4.98 Å². The fraction of sp³-hybridized carbons (Fsp3) is 0.167. The second-order valence-electron chi connectivity index (χ2n) is 7.03. The summed E-state index contributed by atoms with van der Waals surface area (Å²) in [4.78, 5) is 9.97. The molecule has 4 rings (SSSR count). The van der Waals surface area contributed by atoms with Crippen molar-refractivity contribution in [1.82, 2.24) is 4.98 Å². The number of fused-ring (bicyclic) bond motifs is 1. The van der Waals surface area contributed by atoms with Gasteiger partial charge in [-0.1, -0.05) is 49.4 Å². The number of hydrogen-bond donors (Lipinski definition) is 3. The molecule has 0 radical (unpaired) electrons. The SMILES string of the molecule is CCC/C=N\C1=C(N)Nc2cc(CNc3ccc(Oc4ccccc4)nc3)ccc2S1. The largest absolute Gasteiger partial charge is 0.439 e. The van der Waals surface area contributed by atoms with E-state index in [2.05, 4.69) is 45.7 Å². The van der Waals surface area contributed by atoms with E-state index in [9.17, 15) is 0 Å². The highest BCUT2D eigenvalue weighted by molar-refractivity contribution is 8.03. The number of aromatic nitrogens is 1. The average molecular weight is 432 g/mol. The molecule has 0 unspecified atom stereocenters. The van der Waals surface area contributed by atoms with Gasteiger partial charge in [0.1, 0.15) is 16.6 Å². The summed E-state index contributed by atoms with van der Waals surface area (Å²) in [5.41, 5.74) is 9.22. The van der Waals surface area contributed by atoms with Crippen LogP contribution in [0, 0.1) is 0 Å². The fourth-order valence-electron chi connectivity index (χ4n) is 2.96. The van der Waals surface area contributed by atoms with Gasteiger partial charge in [-0.05, 0) is 42.3 Å². The molecule has 3 aromatic rings. The first-order chi connectivity index (χ1) is 15.2. The monoisotopic (exact) mass is 431 g/mol. The summed E-state index contributed by atoms with van der Waals surface area (Å²) < 4.78 is 5.73. The summed E-state index contributed by atoms with van der Waals surface area (Å²) in [5, 5.41) is 7.48. The minimum Gasteiger partial charge on any atom is -0.439 e. The normalized spacial score (nSPS) is 13.1. The third-order valence-electron chi connectivity index (χ3n) is 4.58. The third-order valence-corrected chi connectivity index (χ3v) is 5.67. The van der Waals surface area contributed by atoms with E-state index in [0.29, 0.717) is 18.2 Å². The van der Waals surface area contributed by atoms with Gasteiger partial charge < -0.3 is 21.1 Å². The first kappa shape index (κ1) is 20.8. The van der Waals surface area contributed by atoms with Gasteiger partial charge in [0.25, 0.3) is 0 Å². The summed E-state index contributed by atoms with van der Waals surface area (Å²) in [7, 11) is 0. The van der Waals surface area contributed by atoms with Crippen LogP contribution in [0.25, 0.3) is 0 Å². The lowest BCUT2D eigenvalue weighted by molar-refractivity contribution is 0.463. The Morgan fingerprint density at radius 2 is 2.03 bits per heavy atom. The van der Waals surface area contributed by atoms with Crippen LogP contribution in [-0.2, 0) is 6.54 Å². The molecule has 0 bridgehead atoms. The van der Waals surface area contributed by atoms with Crippen molar-refractivity contribution in [2.24, 2.45) is 10.7 Å². The van der Waals surface area contributed by atoms with Crippen LogP contribution in [0.4, 0.5) is 11.4 Å². The standard InChI is InChI=1S/C24H25N5OS/c1-2-3-13-26-24-23(25)29-20-14-17(9-11-21(20)31-24)15-27-18-10-12-22(28-16-18)30-19-7-5-4-6-8-19/h4-14,16,27,29H,2-3,15,25H2,1H3/b26-13-. The van der Waals surface area contributed by atoms with Crippen molar-refractivity contribution in [3.8, 4) is 11.6 Å². The van der Waals surface area contributed by atoms with E-state index in [1.807, 2.05) is 48.7 Å². The number of nitrogens with two attached hydrogens (primary N) is 1. The zero-order chi connectivity index (χ0) is 21.5. The molecule has 4 N–H and O–H groups in total. The quantitative estimate of drug-likeness (QED) is 0.382. The molecule has 0 aliphatic carbocycles. The number of ether oxygens (including phenoxy) is 1. The van der Waals surface area contributed by atoms with Crippen LogP contribution in [-0.4, -0.2) is 11.2 Å². The smallest absolute Gasteiger partial charge is 0.219 e. The van der Waals surface area contributed by atoms with Crippen molar-refractivity contribution >= 4 is 29.4 Å². The van der Waals surface area contributed by atoms with E-state index in [1.54, 1.807) is 18.0 Å². The molecule has 0 fully saturated rings. The molecule has 0 atom stereocenters. The van der Waals surface area contributed by atoms with E-state index >= 15 is 0 Å². The molecular weight excluding hydrogens is 406 g/mol. The second kappa shape index (κ2) is 10.0. The number of pyridine rings is 1. The minimum absolute atomic E-state index is 0.561. The highest BCUT2D eigenvalue weighted by atomic mass is 32.2. The first-order valence-corrected chi connectivity index (χ1v) is 11.1. The van der Waals surface area contributed by atoms with Crippen LogP contribution in [0.3, 0.4) is 0 Å². The average Bonchev–Trinajstić information content (AvgIpc) is 2.80. The highest BCUT2D eigenvalue weighted by Crippen LogP contribution is 2.39. The summed E-state index contributed by atoms with van der Waals surface area (Å²) in [5.74, 6) is 1.92. The third kappa shape index (κ3) is 5.58. The number of unbranched alkanes of at least 4 members (excludes halogenated alkanes) is 1. The first-order valence-electron chi connectivity index (χ1n) is 10.2. The molecule has 1 aliphatic heterocycles. The molecule has 7 heteroatoms. The molecule has 2 heterocycles. The van der Waals surface area contributed by atoms with Crippen molar-refractivity contribution in [2.45, 2.75) is 31.2 Å². The molecule has 0 amide bonds. The van der Waals surface area contributed by atoms with Gasteiger partial charge in [0.05, 0.1) is 17.6 Å². The Kier molecular flexibility index (Phi) is 6.74. The Labute approximate surface area is 186 Å². The number of para-hydroxylation sites is 1. The summed E-state index contributed by atoms with van der Waals surface area (Å²) in [6, 6.07) is 19.7. The number of nitrogens with zero attached hydrogens (tertiary/aromatic N) is 2. The number of aliphatic imine (C=N–C) groups is 1. The predicted molar refractivity (Wildman–Crippen MR) is 129 cm³/mol. The van der Waals surface area contributed by atoms with E-state index in [0.717, 1.165) is 45.5 Å². The van der Waals surface area contributed by atoms with Crippen LogP contribution >= 0.6 is 11.8 Å². The van der Waals surface area contributed by atoms with Gasteiger partial charge in [0.2, 0.25) is 5.88 Å². The molecule has 6 nitrogen and oxygen atoms in total. The summed E-state index contributed by atoms with van der Waals surface area (Å²) >= 11 is 1.59. The van der Waals surface area contributed by atoms with Crippen molar-refractivity contribution in [1.29, 1.82) is 0 Å². The topological polar surface area (TPSA) is 84.6 Å².